The molecule has 1 aromatic heterocycles. The van der Waals surface area contributed by atoms with Gasteiger partial charge in [-0.05, 0) is 44.7 Å². The molecule has 1 saturated heterocycles. The molecule has 2 atom stereocenters. The summed E-state index contributed by atoms with van der Waals surface area (Å²) in [5.41, 5.74) is 0.913. The largest absolute Gasteiger partial charge is 0.352 e. The molecule has 1 aromatic rings. The van der Waals surface area contributed by atoms with Crippen LogP contribution in [-0.2, 0) is 16.0 Å². The average Bonchev–Trinajstić information content (AvgIpc) is 3.33. The van der Waals surface area contributed by atoms with Gasteiger partial charge < -0.3 is 10.2 Å². The van der Waals surface area contributed by atoms with Crippen LogP contribution in [0.3, 0.4) is 0 Å². The zero-order valence-corrected chi connectivity index (χ0v) is 16.6. The van der Waals surface area contributed by atoms with Crippen molar-refractivity contribution in [1.82, 2.24) is 20.1 Å². The maximum atomic E-state index is 13.1. The van der Waals surface area contributed by atoms with E-state index < -0.39 is 0 Å². The van der Waals surface area contributed by atoms with Crippen LogP contribution in [0.25, 0.3) is 0 Å². The lowest BCUT2D eigenvalue weighted by atomic mass is 10.1. The zero-order valence-electron chi connectivity index (χ0n) is 16.6. The van der Waals surface area contributed by atoms with Crippen molar-refractivity contribution < 1.29 is 9.59 Å². The number of hydrogen-bond acceptors (Lipinski definition) is 4. The van der Waals surface area contributed by atoms with E-state index in [4.69, 9.17) is 0 Å². The van der Waals surface area contributed by atoms with Crippen LogP contribution in [0, 0.1) is 0 Å². The number of nitrogens with one attached hydrogen (secondary N) is 1. The Hall–Kier alpha value is -1.95. The van der Waals surface area contributed by atoms with Gasteiger partial charge in [0.25, 0.3) is 0 Å². The minimum atomic E-state index is -0.100. The number of carbonyl (C=O) groups is 2. The SMILES string of the molecule is CCN(CC)C(=O)[C@@H]1C[C@H](NC(=O)Cc2cccnc2)CN1C1CCCC1. The summed E-state index contributed by atoms with van der Waals surface area (Å²) in [4.78, 5) is 33.9. The first-order valence-electron chi connectivity index (χ1n) is 10.3. The van der Waals surface area contributed by atoms with Crippen molar-refractivity contribution in [2.75, 3.05) is 19.6 Å². The fraction of sp³-hybridized carbons (Fsp3) is 0.667. The zero-order chi connectivity index (χ0) is 19.2. The molecule has 6 nitrogen and oxygen atoms in total. The summed E-state index contributed by atoms with van der Waals surface area (Å²) in [6, 6.07) is 4.18. The maximum absolute atomic E-state index is 13.1. The van der Waals surface area contributed by atoms with Gasteiger partial charge in [-0.15, -0.1) is 0 Å². The summed E-state index contributed by atoms with van der Waals surface area (Å²) in [6.45, 7) is 6.32. The molecular weight excluding hydrogens is 340 g/mol. The number of nitrogens with zero attached hydrogens (tertiary/aromatic N) is 3. The quantitative estimate of drug-likeness (QED) is 0.795. The molecule has 2 heterocycles. The molecule has 2 amide bonds. The van der Waals surface area contributed by atoms with Crippen LogP contribution < -0.4 is 5.32 Å². The molecule has 1 saturated carbocycles. The first-order valence-corrected chi connectivity index (χ1v) is 10.3. The van der Waals surface area contributed by atoms with Crippen molar-refractivity contribution in [3.8, 4) is 0 Å². The van der Waals surface area contributed by atoms with Crippen LogP contribution in [0.2, 0.25) is 0 Å². The number of likely N-dealkylation sites (tertiary alicyclic amines) is 1. The monoisotopic (exact) mass is 372 g/mol. The van der Waals surface area contributed by atoms with E-state index in [9.17, 15) is 9.59 Å². The smallest absolute Gasteiger partial charge is 0.239 e. The first-order chi connectivity index (χ1) is 13.1. The average molecular weight is 373 g/mol. The van der Waals surface area contributed by atoms with E-state index >= 15 is 0 Å². The predicted molar refractivity (Wildman–Crippen MR) is 105 cm³/mol. The van der Waals surface area contributed by atoms with Gasteiger partial charge >= 0.3 is 0 Å². The predicted octanol–water partition coefficient (Wildman–Crippen LogP) is 1.99. The Balaban J connectivity index is 1.64. The molecular formula is C21H32N4O2. The summed E-state index contributed by atoms with van der Waals surface area (Å²) in [7, 11) is 0. The summed E-state index contributed by atoms with van der Waals surface area (Å²) >= 11 is 0. The van der Waals surface area contributed by atoms with Crippen LogP contribution in [0.1, 0.15) is 51.5 Å². The van der Waals surface area contributed by atoms with E-state index in [0.29, 0.717) is 18.9 Å². The molecule has 2 aliphatic rings. The highest BCUT2D eigenvalue weighted by Gasteiger charge is 2.42. The van der Waals surface area contributed by atoms with Gasteiger partial charge in [-0.3, -0.25) is 19.5 Å². The van der Waals surface area contributed by atoms with E-state index in [1.54, 1.807) is 12.4 Å². The molecule has 1 aliphatic carbocycles. The second-order valence-corrected chi connectivity index (χ2v) is 7.70. The lowest BCUT2D eigenvalue weighted by Gasteiger charge is -2.32. The molecule has 2 fully saturated rings. The lowest BCUT2D eigenvalue weighted by molar-refractivity contribution is -0.136. The van der Waals surface area contributed by atoms with E-state index in [-0.39, 0.29) is 23.9 Å². The number of likely N-dealkylation sites (N-methyl/N-ethyl adjacent to an activating group) is 1. The molecule has 148 valence electrons. The topological polar surface area (TPSA) is 65.5 Å². The van der Waals surface area contributed by atoms with E-state index in [2.05, 4.69) is 15.2 Å². The minimum Gasteiger partial charge on any atom is -0.352 e. The highest BCUT2D eigenvalue weighted by atomic mass is 16.2. The Kier molecular flexibility index (Phi) is 6.83. The minimum absolute atomic E-state index is 0.00955. The maximum Gasteiger partial charge on any atom is 0.239 e. The highest BCUT2D eigenvalue weighted by Crippen LogP contribution is 2.31. The third-order valence-corrected chi connectivity index (χ3v) is 5.95. The second-order valence-electron chi connectivity index (χ2n) is 7.70. The molecule has 0 spiro atoms. The van der Waals surface area contributed by atoms with Crippen molar-refractivity contribution >= 4 is 11.8 Å². The summed E-state index contributed by atoms with van der Waals surface area (Å²) in [5.74, 6) is 0.228. The van der Waals surface area contributed by atoms with E-state index in [1.165, 1.54) is 25.7 Å². The van der Waals surface area contributed by atoms with Crippen LogP contribution >= 0.6 is 0 Å². The number of aromatic nitrogens is 1. The standard InChI is InChI=1S/C21H32N4O2/c1-3-24(4-2)21(27)19-13-17(15-25(19)18-9-5-6-10-18)23-20(26)12-16-8-7-11-22-14-16/h7-8,11,14,17-19H,3-6,9-10,12-13,15H2,1-2H3,(H,23,26)/t17-,19-/m0/s1. The van der Waals surface area contributed by atoms with Crippen molar-refractivity contribution in [2.24, 2.45) is 0 Å². The van der Waals surface area contributed by atoms with E-state index in [0.717, 1.165) is 25.2 Å². The third-order valence-electron chi connectivity index (χ3n) is 5.95. The Morgan fingerprint density at radius 2 is 2.00 bits per heavy atom. The molecule has 6 heteroatoms. The molecule has 0 unspecified atom stereocenters. The van der Waals surface area contributed by atoms with Gasteiger partial charge in [-0.1, -0.05) is 18.9 Å². The number of carbonyl (C=O) groups excluding carboxylic acids is 2. The Morgan fingerprint density at radius 3 is 2.63 bits per heavy atom. The number of hydrogen-bond donors (Lipinski definition) is 1. The van der Waals surface area contributed by atoms with Crippen molar-refractivity contribution in [3.05, 3.63) is 30.1 Å². The molecule has 1 aliphatic heterocycles. The van der Waals surface area contributed by atoms with Crippen molar-refractivity contribution in [2.45, 2.75) is 70.5 Å². The van der Waals surface area contributed by atoms with Crippen LogP contribution in [0.4, 0.5) is 0 Å². The van der Waals surface area contributed by atoms with E-state index in [1.807, 2.05) is 30.9 Å². The van der Waals surface area contributed by atoms with Crippen molar-refractivity contribution in [3.63, 3.8) is 0 Å². The third kappa shape index (κ3) is 4.86. The van der Waals surface area contributed by atoms with Gasteiger partial charge in [-0.25, -0.2) is 0 Å². The molecule has 0 radical (unpaired) electrons. The molecule has 0 bridgehead atoms. The van der Waals surface area contributed by atoms with Gasteiger partial charge in [0, 0.05) is 44.1 Å². The Morgan fingerprint density at radius 1 is 1.26 bits per heavy atom. The number of pyridine rings is 1. The second kappa shape index (κ2) is 9.31. The van der Waals surface area contributed by atoms with Gasteiger partial charge in [0.05, 0.1) is 12.5 Å². The Labute approximate surface area is 162 Å². The molecule has 3 rings (SSSR count). The molecule has 1 N–H and O–H groups in total. The van der Waals surface area contributed by atoms with Crippen LogP contribution in [-0.4, -0.2) is 64.4 Å². The fourth-order valence-corrected chi connectivity index (χ4v) is 4.56. The first kappa shape index (κ1) is 19.8. The van der Waals surface area contributed by atoms with Gasteiger partial charge in [0.15, 0.2) is 0 Å². The molecule has 27 heavy (non-hydrogen) atoms. The van der Waals surface area contributed by atoms with Gasteiger partial charge in [0.2, 0.25) is 11.8 Å². The summed E-state index contributed by atoms with van der Waals surface area (Å²) in [5, 5.41) is 3.16. The highest BCUT2D eigenvalue weighted by molar-refractivity contribution is 5.83. The normalized spacial score (nSPS) is 23.5. The number of amides is 2. The fourth-order valence-electron chi connectivity index (χ4n) is 4.56. The summed E-state index contributed by atoms with van der Waals surface area (Å²) in [6.07, 6.45) is 9.30. The van der Waals surface area contributed by atoms with Gasteiger partial charge in [0.1, 0.15) is 0 Å². The summed E-state index contributed by atoms with van der Waals surface area (Å²) < 4.78 is 0. The Bertz CT molecular complexity index is 626. The molecule has 0 aromatic carbocycles. The van der Waals surface area contributed by atoms with Crippen LogP contribution in [0.15, 0.2) is 24.5 Å². The van der Waals surface area contributed by atoms with Crippen LogP contribution in [0.5, 0.6) is 0 Å². The van der Waals surface area contributed by atoms with Gasteiger partial charge in [-0.2, -0.15) is 0 Å². The lowest BCUT2D eigenvalue weighted by Crippen LogP contribution is -2.48. The van der Waals surface area contributed by atoms with Crippen molar-refractivity contribution in [1.29, 1.82) is 0 Å². The number of rotatable bonds is 7.